The zero-order chi connectivity index (χ0) is 20.1. The van der Waals surface area contributed by atoms with Gasteiger partial charge in [-0.15, -0.1) is 0 Å². The second kappa shape index (κ2) is 8.20. The molecule has 3 rings (SSSR count). The van der Waals surface area contributed by atoms with Crippen molar-refractivity contribution in [2.24, 2.45) is 17.1 Å². The second-order valence-electron chi connectivity index (χ2n) is 7.38. The van der Waals surface area contributed by atoms with Gasteiger partial charge in [0.25, 0.3) is 0 Å². The third-order valence-corrected chi connectivity index (χ3v) is 5.80. The molecule has 2 aliphatic carbocycles. The Bertz CT molecular complexity index is 907. The van der Waals surface area contributed by atoms with Crippen molar-refractivity contribution in [2.45, 2.75) is 44.9 Å². The van der Waals surface area contributed by atoms with E-state index < -0.39 is 11.3 Å². The number of ether oxygens (including phenoxy) is 1. The monoisotopic (exact) mass is 372 g/mol. The minimum Gasteiger partial charge on any atom is -0.494 e. The zero-order valence-corrected chi connectivity index (χ0v) is 16.1. The van der Waals surface area contributed by atoms with Crippen LogP contribution in [0.4, 0.5) is 0 Å². The van der Waals surface area contributed by atoms with Gasteiger partial charge in [0.15, 0.2) is 5.41 Å². The fourth-order valence-corrected chi connectivity index (χ4v) is 4.38. The first-order chi connectivity index (χ1) is 13.6. The number of nitrogens with two attached hydrogens (primary N) is 1. The Kier molecular flexibility index (Phi) is 5.72. The Balaban J connectivity index is 2.08. The Morgan fingerprint density at radius 3 is 2.50 bits per heavy atom. The van der Waals surface area contributed by atoms with Gasteiger partial charge in [-0.1, -0.05) is 31.6 Å². The molecule has 0 spiro atoms. The van der Waals surface area contributed by atoms with E-state index in [1.807, 2.05) is 24.3 Å². The van der Waals surface area contributed by atoms with Crippen molar-refractivity contribution in [3.63, 3.8) is 0 Å². The lowest BCUT2D eigenvalue weighted by Gasteiger charge is -2.43. The van der Waals surface area contributed by atoms with Crippen molar-refractivity contribution in [1.29, 1.82) is 15.8 Å². The lowest BCUT2D eigenvalue weighted by atomic mass is 9.56. The Morgan fingerprint density at radius 1 is 1.18 bits per heavy atom. The highest BCUT2D eigenvalue weighted by Crippen LogP contribution is 2.56. The summed E-state index contributed by atoms with van der Waals surface area (Å²) in [5.74, 6) is 0.292. The Morgan fingerprint density at radius 2 is 1.89 bits per heavy atom. The average Bonchev–Trinajstić information content (AvgIpc) is 2.74. The molecule has 28 heavy (non-hydrogen) atoms. The molecule has 1 aromatic carbocycles. The third kappa shape index (κ3) is 3.12. The van der Waals surface area contributed by atoms with Crippen LogP contribution in [-0.4, -0.2) is 6.61 Å². The summed E-state index contributed by atoms with van der Waals surface area (Å²) in [5, 5.41) is 29.8. The molecule has 2 unspecified atom stereocenters. The van der Waals surface area contributed by atoms with Gasteiger partial charge in [-0.2, -0.15) is 15.8 Å². The second-order valence-corrected chi connectivity index (χ2v) is 7.38. The first kappa shape index (κ1) is 19.5. The molecule has 5 heteroatoms. The number of benzene rings is 1. The van der Waals surface area contributed by atoms with Crippen LogP contribution in [0.3, 0.4) is 0 Å². The molecule has 2 aliphatic rings. The lowest BCUT2D eigenvalue weighted by molar-refractivity contribution is 0.307. The molecule has 0 saturated heterocycles. The maximum atomic E-state index is 10.0. The number of nitriles is 3. The highest BCUT2D eigenvalue weighted by Gasteiger charge is 2.54. The van der Waals surface area contributed by atoms with E-state index >= 15 is 0 Å². The quantitative estimate of drug-likeness (QED) is 0.768. The Labute approximate surface area is 166 Å². The number of allylic oxidation sites excluding steroid dienone is 3. The molecule has 1 aromatic rings. The normalized spacial score (nSPS) is 22.9. The largest absolute Gasteiger partial charge is 0.494 e. The summed E-state index contributed by atoms with van der Waals surface area (Å²) < 4.78 is 5.74. The van der Waals surface area contributed by atoms with Crippen molar-refractivity contribution in [1.82, 2.24) is 0 Å². The van der Waals surface area contributed by atoms with Crippen molar-refractivity contribution < 1.29 is 4.74 Å². The van der Waals surface area contributed by atoms with Crippen LogP contribution < -0.4 is 10.5 Å². The van der Waals surface area contributed by atoms with E-state index in [1.165, 1.54) is 0 Å². The van der Waals surface area contributed by atoms with Crippen molar-refractivity contribution in [3.8, 4) is 24.0 Å². The maximum Gasteiger partial charge on any atom is 0.187 e. The van der Waals surface area contributed by atoms with Crippen LogP contribution in [0.25, 0.3) is 0 Å². The molecule has 2 N–H and O–H groups in total. The predicted molar refractivity (Wildman–Crippen MR) is 105 cm³/mol. The molecule has 0 heterocycles. The molecular weight excluding hydrogens is 348 g/mol. The van der Waals surface area contributed by atoms with E-state index in [4.69, 9.17) is 10.5 Å². The summed E-state index contributed by atoms with van der Waals surface area (Å²) in [4.78, 5) is 0. The van der Waals surface area contributed by atoms with Crippen LogP contribution in [0.5, 0.6) is 5.75 Å². The number of nitrogens with zero attached hydrogens (tertiary/aromatic N) is 3. The molecule has 0 amide bonds. The number of rotatable bonds is 5. The smallest absolute Gasteiger partial charge is 0.187 e. The fourth-order valence-electron chi connectivity index (χ4n) is 4.38. The molecular formula is C23H24N4O. The highest BCUT2D eigenvalue weighted by molar-refractivity contribution is 5.59. The number of hydrogen-bond acceptors (Lipinski definition) is 5. The van der Waals surface area contributed by atoms with Gasteiger partial charge in [0.05, 0.1) is 36.1 Å². The van der Waals surface area contributed by atoms with Crippen molar-refractivity contribution >= 4 is 0 Å². The van der Waals surface area contributed by atoms with Gasteiger partial charge in [0.2, 0.25) is 0 Å². The maximum absolute atomic E-state index is 10.0. The van der Waals surface area contributed by atoms with E-state index in [-0.39, 0.29) is 11.5 Å². The third-order valence-electron chi connectivity index (χ3n) is 5.80. The minimum atomic E-state index is -1.58. The molecule has 5 nitrogen and oxygen atoms in total. The van der Waals surface area contributed by atoms with Crippen LogP contribution in [0.2, 0.25) is 0 Å². The van der Waals surface area contributed by atoms with Gasteiger partial charge in [0.1, 0.15) is 5.75 Å². The van der Waals surface area contributed by atoms with Gasteiger partial charge >= 0.3 is 0 Å². The summed E-state index contributed by atoms with van der Waals surface area (Å²) >= 11 is 0. The standard InChI is InChI=1S/C23H24N4O/c1-2-3-12-28-17-10-8-16(9-11-17)21-18-6-4-5-7-19(18)22(27)20(13-24)23(21,14-25)15-26/h7-11,18,21H,2-6,12,27H2,1H3. The van der Waals surface area contributed by atoms with Crippen LogP contribution in [-0.2, 0) is 0 Å². The summed E-state index contributed by atoms with van der Waals surface area (Å²) in [6, 6.07) is 14.0. The molecule has 0 aromatic heterocycles. The minimum absolute atomic E-state index is 0.0444. The first-order valence-electron chi connectivity index (χ1n) is 9.79. The van der Waals surface area contributed by atoms with Crippen LogP contribution >= 0.6 is 0 Å². The van der Waals surface area contributed by atoms with Gasteiger partial charge in [-0.25, -0.2) is 0 Å². The first-order valence-corrected chi connectivity index (χ1v) is 9.79. The molecule has 0 aliphatic heterocycles. The summed E-state index contributed by atoms with van der Waals surface area (Å²) in [6.07, 6.45) is 6.83. The highest BCUT2D eigenvalue weighted by atomic mass is 16.5. The summed E-state index contributed by atoms with van der Waals surface area (Å²) in [5.41, 5.74) is 6.86. The van der Waals surface area contributed by atoms with Crippen molar-refractivity contribution in [2.75, 3.05) is 6.61 Å². The molecule has 0 saturated carbocycles. The van der Waals surface area contributed by atoms with Crippen LogP contribution in [0.1, 0.15) is 50.5 Å². The molecule has 0 fully saturated rings. The topological polar surface area (TPSA) is 107 Å². The van der Waals surface area contributed by atoms with E-state index in [2.05, 4.69) is 31.2 Å². The SMILES string of the molecule is CCCCOc1ccc(C2C3CCCC=C3C(N)=C(C#N)C2(C#N)C#N)cc1. The molecule has 142 valence electrons. The molecule has 2 atom stereocenters. The van der Waals surface area contributed by atoms with Gasteiger partial charge < -0.3 is 10.5 Å². The average molecular weight is 372 g/mol. The van der Waals surface area contributed by atoms with E-state index in [1.54, 1.807) is 0 Å². The number of fused-ring (bicyclic) bond motifs is 1. The molecule has 0 radical (unpaired) electrons. The summed E-state index contributed by atoms with van der Waals surface area (Å²) in [7, 11) is 0. The van der Waals surface area contributed by atoms with E-state index in [9.17, 15) is 15.8 Å². The van der Waals surface area contributed by atoms with Crippen LogP contribution in [0.15, 0.2) is 47.2 Å². The van der Waals surface area contributed by atoms with E-state index in [0.717, 1.165) is 49.0 Å². The van der Waals surface area contributed by atoms with Gasteiger partial charge in [-0.3, -0.25) is 0 Å². The zero-order valence-electron chi connectivity index (χ0n) is 16.1. The lowest BCUT2D eigenvalue weighted by Crippen LogP contribution is -2.41. The van der Waals surface area contributed by atoms with Gasteiger partial charge in [0, 0.05) is 5.92 Å². The Hall–Kier alpha value is -3.23. The number of hydrogen-bond donors (Lipinski definition) is 1. The summed E-state index contributed by atoms with van der Waals surface area (Å²) in [6.45, 7) is 2.77. The van der Waals surface area contributed by atoms with Gasteiger partial charge in [-0.05, 0) is 54.9 Å². The van der Waals surface area contributed by atoms with Crippen molar-refractivity contribution in [3.05, 3.63) is 52.7 Å². The molecule has 0 bridgehead atoms. The van der Waals surface area contributed by atoms with E-state index in [0.29, 0.717) is 12.3 Å². The number of unbranched alkanes of at least 4 members (excludes halogenated alkanes) is 1. The fraction of sp³-hybridized carbons (Fsp3) is 0.435. The van der Waals surface area contributed by atoms with Crippen LogP contribution in [0, 0.1) is 45.3 Å². The predicted octanol–water partition coefficient (Wildman–Crippen LogP) is 4.46.